The summed E-state index contributed by atoms with van der Waals surface area (Å²) in [6.07, 6.45) is -4.06. The number of halogens is 4. The number of carbonyl (C=O) groups excluding carboxylic acids is 1. The number of hydrogen-bond donors (Lipinski definition) is 0. The van der Waals surface area contributed by atoms with Gasteiger partial charge in [-0.25, -0.2) is 4.39 Å². The van der Waals surface area contributed by atoms with Crippen molar-refractivity contribution in [3.05, 3.63) is 47.8 Å². The predicted molar refractivity (Wildman–Crippen MR) is 79.9 cm³/mol. The number of hydrogen-bond acceptors (Lipinski definition) is 3. The van der Waals surface area contributed by atoms with Gasteiger partial charge in [-0.15, -0.1) is 0 Å². The molecule has 2 aromatic carbocycles. The van der Waals surface area contributed by atoms with Crippen LogP contribution in [0.15, 0.2) is 36.4 Å². The third-order valence-corrected chi connectivity index (χ3v) is 3.05. The average molecular weight is 342 g/mol. The molecule has 0 saturated heterocycles. The molecule has 0 aliphatic rings. The number of benzene rings is 2. The van der Waals surface area contributed by atoms with E-state index >= 15 is 0 Å². The van der Waals surface area contributed by atoms with Crippen LogP contribution in [0, 0.1) is 5.82 Å². The van der Waals surface area contributed by atoms with Crippen molar-refractivity contribution < 1.29 is 31.8 Å². The summed E-state index contributed by atoms with van der Waals surface area (Å²) in [5.74, 6) is -0.461. The minimum Gasteiger partial charge on any atom is -0.493 e. The summed E-state index contributed by atoms with van der Waals surface area (Å²) in [5.41, 5.74) is 0.752. The highest BCUT2D eigenvalue weighted by atomic mass is 19.4. The highest BCUT2D eigenvalue weighted by Gasteiger charge is 2.29. The molecule has 0 radical (unpaired) electrons. The molecule has 0 aliphatic heterocycles. The lowest BCUT2D eigenvalue weighted by Gasteiger charge is -2.18. The zero-order valence-electron chi connectivity index (χ0n) is 12.7. The molecule has 2 aromatic rings. The summed E-state index contributed by atoms with van der Waals surface area (Å²) in [6.45, 7) is 0.405. The van der Waals surface area contributed by atoms with Crippen LogP contribution in [0.25, 0.3) is 11.1 Å². The van der Waals surface area contributed by atoms with E-state index in [1.165, 1.54) is 36.4 Å². The second kappa shape index (κ2) is 7.33. The van der Waals surface area contributed by atoms with Crippen LogP contribution >= 0.6 is 0 Å². The second-order valence-electron chi connectivity index (χ2n) is 4.85. The van der Waals surface area contributed by atoms with Crippen molar-refractivity contribution in [3.8, 4) is 22.6 Å². The molecular weight excluding hydrogens is 328 g/mol. The highest BCUT2D eigenvalue weighted by molar-refractivity contribution is 5.84. The topological polar surface area (TPSA) is 35.5 Å². The Balaban J connectivity index is 2.57. The fraction of sp³-hybridized carbons (Fsp3) is 0.235. The third kappa shape index (κ3) is 4.47. The molecule has 128 valence electrons. The standard InChI is InChI=1S/C17H14F4O3/c1-2-23-14-7-11(9-22)8-15(24-10-17(19,20)21)16(14)12-3-5-13(18)6-4-12/h3-9H,2,10H2,1H3. The summed E-state index contributed by atoms with van der Waals surface area (Å²) in [7, 11) is 0. The molecule has 0 spiro atoms. The Kier molecular flexibility index (Phi) is 5.43. The molecule has 7 heteroatoms. The summed E-state index contributed by atoms with van der Waals surface area (Å²) in [6, 6.07) is 7.73. The van der Waals surface area contributed by atoms with E-state index in [4.69, 9.17) is 9.47 Å². The number of rotatable bonds is 6. The largest absolute Gasteiger partial charge is 0.493 e. The maximum atomic E-state index is 13.1. The quantitative estimate of drug-likeness (QED) is 0.566. The summed E-state index contributed by atoms with van der Waals surface area (Å²) < 4.78 is 60.9. The molecule has 0 bridgehead atoms. The number of aldehydes is 1. The van der Waals surface area contributed by atoms with Crippen LogP contribution in [0.2, 0.25) is 0 Å². The number of ether oxygens (including phenoxy) is 2. The van der Waals surface area contributed by atoms with Gasteiger partial charge in [0.05, 0.1) is 12.2 Å². The first-order valence-electron chi connectivity index (χ1n) is 7.05. The molecule has 0 atom stereocenters. The van der Waals surface area contributed by atoms with Gasteiger partial charge in [-0.3, -0.25) is 4.79 Å². The van der Waals surface area contributed by atoms with Crippen molar-refractivity contribution in [2.75, 3.05) is 13.2 Å². The molecule has 3 nitrogen and oxygen atoms in total. The second-order valence-corrected chi connectivity index (χ2v) is 4.85. The van der Waals surface area contributed by atoms with Crippen LogP contribution in [0.5, 0.6) is 11.5 Å². The van der Waals surface area contributed by atoms with Gasteiger partial charge in [-0.1, -0.05) is 12.1 Å². The van der Waals surface area contributed by atoms with Crippen molar-refractivity contribution in [2.45, 2.75) is 13.1 Å². The first kappa shape index (κ1) is 17.8. The Morgan fingerprint density at radius 2 is 1.62 bits per heavy atom. The van der Waals surface area contributed by atoms with E-state index in [0.717, 1.165) is 0 Å². The minimum atomic E-state index is -4.54. The fourth-order valence-electron chi connectivity index (χ4n) is 2.12. The molecule has 0 aromatic heterocycles. The van der Waals surface area contributed by atoms with E-state index in [1.807, 2.05) is 0 Å². The normalized spacial score (nSPS) is 11.2. The number of carbonyl (C=O) groups is 1. The lowest BCUT2D eigenvalue weighted by atomic mass is 10.0. The molecule has 2 rings (SSSR count). The van der Waals surface area contributed by atoms with Crippen molar-refractivity contribution >= 4 is 6.29 Å². The Morgan fingerprint density at radius 1 is 1.04 bits per heavy atom. The maximum Gasteiger partial charge on any atom is 0.422 e. The zero-order chi connectivity index (χ0) is 17.7. The van der Waals surface area contributed by atoms with E-state index in [-0.39, 0.29) is 29.2 Å². The SMILES string of the molecule is CCOc1cc(C=O)cc(OCC(F)(F)F)c1-c1ccc(F)cc1. The van der Waals surface area contributed by atoms with Crippen molar-refractivity contribution in [3.63, 3.8) is 0 Å². The lowest BCUT2D eigenvalue weighted by Crippen LogP contribution is -2.19. The molecule has 0 N–H and O–H groups in total. The van der Waals surface area contributed by atoms with E-state index in [1.54, 1.807) is 6.92 Å². The third-order valence-electron chi connectivity index (χ3n) is 3.05. The van der Waals surface area contributed by atoms with Gasteiger partial charge >= 0.3 is 6.18 Å². The van der Waals surface area contributed by atoms with Gasteiger partial charge in [0.25, 0.3) is 0 Å². The summed E-state index contributed by atoms with van der Waals surface area (Å²) in [5, 5.41) is 0. The summed E-state index contributed by atoms with van der Waals surface area (Å²) >= 11 is 0. The van der Waals surface area contributed by atoms with Gasteiger partial charge in [0.2, 0.25) is 0 Å². The highest BCUT2D eigenvalue weighted by Crippen LogP contribution is 2.40. The first-order chi connectivity index (χ1) is 11.3. The Bertz CT molecular complexity index is 709. The Labute approximate surface area is 135 Å². The Hall–Kier alpha value is -2.57. The van der Waals surface area contributed by atoms with E-state index in [9.17, 15) is 22.4 Å². The monoisotopic (exact) mass is 342 g/mol. The molecule has 0 aliphatic carbocycles. The first-order valence-corrected chi connectivity index (χ1v) is 7.05. The van der Waals surface area contributed by atoms with Crippen molar-refractivity contribution in [1.29, 1.82) is 0 Å². The Morgan fingerprint density at radius 3 is 2.12 bits per heavy atom. The predicted octanol–water partition coefficient (Wildman–Crippen LogP) is 4.65. The van der Waals surface area contributed by atoms with Crippen LogP contribution < -0.4 is 9.47 Å². The van der Waals surface area contributed by atoms with E-state index in [0.29, 0.717) is 11.8 Å². The molecule has 0 unspecified atom stereocenters. The molecule has 24 heavy (non-hydrogen) atoms. The van der Waals surface area contributed by atoms with Crippen LogP contribution in [-0.4, -0.2) is 25.7 Å². The molecule has 0 heterocycles. The molecular formula is C17H14F4O3. The molecule has 0 saturated carbocycles. The van der Waals surface area contributed by atoms with Crippen molar-refractivity contribution in [1.82, 2.24) is 0 Å². The van der Waals surface area contributed by atoms with Gasteiger partial charge in [0.1, 0.15) is 23.6 Å². The van der Waals surface area contributed by atoms with Gasteiger partial charge in [-0.2, -0.15) is 13.2 Å². The summed E-state index contributed by atoms with van der Waals surface area (Å²) in [4.78, 5) is 11.0. The fourth-order valence-corrected chi connectivity index (χ4v) is 2.12. The van der Waals surface area contributed by atoms with Gasteiger partial charge in [0.15, 0.2) is 6.61 Å². The number of alkyl halides is 3. The van der Waals surface area contributed by atoms with Gasteiger partial charge in [-0.05, 0) is 36.8 Å². The lowest BCUT2D eigenvalue weighted by molar-refractivity contribution is -0.153. The van der Waals surface area contributed by atoms with Crippen LogP contribution in [-0.2, 0) is 0 Å². The molecule has 0 fully saturated rings. The van der Waals surface area contributed by atoms with Crippen LogP contribution in [0.3, 0.4) is 0 Å². The molecule has 0 amide bonds. The van der Waals surface area contributed by atoms with Crippen LogP contribution in [0.4, 0.5) is 17.6 Å². The van der Waals surface area contributed by atoms with E-state index in [2.05, 4.69) is 0 Å². The van der Waals surface area contributed by atoms with E-state index < -0.39 is 18.6 Å². The average Bonchev–Trinajstić information content (AvgIpc) is 2.53. The van der Waals surface area contributed by atoms with Gasteiger partial charge < -0.3 is 9.47 Å². The maximum absolute atomic E-state index is 13.1. The smallest absolute Gasteiger partial charge is 0.422 e. The van der Waals surface area contributed by atoms with Crippen LogP contribution in [0.1, 0.15) is 17.3 Å². The van der Waals surface area contributed by atoms with Gasteiger partial charge in [0, 0.05) is 5.56 Å². The minimum absolute atomic E-state index is 0.112. The zero-order valence-corrected chi connectivity index (χ0v) is 12.7. The van der Waals surface area contributed by atoms with Crippen molar-refractivity contribution in [2.24, 2.45) is 0 Å².